The zero-order valence-electron chi connectivity index (χ0n) is 9.00. The Morgan fingerprint density at radius 3 is 2.94 bits per heavy atom. The summed E-state index contributed by atoms with van der Waals surface area (Å²) in [5, 5.41) is 12.1. The molecule has 0 amide bonds. The van der Waals surface area contributed by atoms with E-state index in [0.717, 1.165) is 23.1 Å². The Hall–Kier alpha value is -0.860. The molecule has 1 aromatic carbocycles. The molecule has 86 valence electrons. The molecule has 1 rings (SSSR count). The molecule has 0 saturated carbocycles. The van der Waals surface area contributed by atoms with Gasteiger partial charge in [-0.15, -0.1) is 0 Å². The van der Waals surface area contributed by atoms with E-state index in [4.69, 9.17) is 5.26 Å². The van der Waals surface area contributed by atoms with E-state index < -0.39 is 10.8 Å². The summed E-state index contributed by atoms with van der Waals surface area (Å²) in [6, 6.07) is 7.61. The summed E-state index contributed by atoms with van der Waals surface area (Å²) in [5.74, 6) is 0.683. The average Bonchev–Trinajstić information content (AvgIpc) is 2.24. The van der Waals surface area contributed by atoms with E-state index in [1.807, 2.05) is 12.1 Å². The highest BCUT2D eigenvalue weighted by Gasteiger charge is 2.01. The first-order valence-electron chi connectivity index (χ1n) is 4.87. The van der Waals surface area contributed by atoms with Gasteiger partial charge in [0.15, 0.2) is 0 Å². The second-order valence-electron chi connectivity index (χ2n) is 3.36. The van der Waals surface area contributed by atoms with Gasteiger partial charge in [-0.1, -0.05) is 15.9 Å². The molecule has 0 saturated heterocycles. The first kappa shape index (κ1) is 13.2. The summed E-state index contributed by atoms with van der Waals surface area (Å²) in [7, 11) is -0.749. The van der Waals surface area contributed by atoms with Gasteiger partial charge in [-0.25, -0.2) is 0 Å². The lowest BCUT2D eigenvalue weighted by Crippen LogP contribution is -2.07. The van der Waals surface area contributed by atoms with Gasteiger partial charge in [0.25, 0.3) is 0 Å². The first-order valence-corrected chi connectivity index (χ1v) is 7.39. The summed E-state index contributed by atoms with van der Waals surface area (Å²) < 4.78 is 11.8. The highest BCUT2D eigenvalue weighted by atomic mass is 79.9. The lowest BCUT2D eigenvalue weighted by Gasteiger charge is -2.07. The van der Waals surface area contributed by atoms with E-state index in [1.165, 1.54) is 0 Å². The molecule has 0 fully saturated rings. The van der Waals surface area contributed by atoms with Crippen molar-refractivity contribution >= 4 is 32.4 Å². The third-order valence-electron chi connectivity index (χ3n) is 2.03. The Morgan fingerprint density at radius 2 is 2.31 bits per heavy atom. The van der Waals surface area contributed by atoms with E-state index in [1.54, 1.807) is 12.3 Å². The van der Waals surface area contributed by atoms with Crippen LogP contribution < -0.4 is 5.32 Å². The van der Waals surface area contributed by atoms with Gasteiger partial charge >= 0.3 is 0 Å². The van der Waals surface area contributed by atoms with Crippen LogP contribution in [0.3, 0.4) is 0 Å². The molecule has 5 heteroatoms. The van der Waals surface area contributed by atoms with Gasteiger partial charge in [0.2, 0.25) is 0 Å². The molecular weight excluding hydrogens is 288 g/mol. The zero-order chi connectivity index (χ0) is 12.0. The highest BCUT2D eigenvalue weighted by Crippen LogP contribution is 2.20. The summed E-state index contributed by atoms with van der Waals surface area (Å²) >= 11 is 3.36. The van der Waals surface area contributed by atoms with Crippen LogP contribution in [0.5, 0.6) is 0 Å². The SMILES string of the molecule is CS(=O)CCCNc1cc(Br)ccc1C#N. The van der Waals surface area contributed by atoms with Crippen molar-refractivity contribution in [3.05, 3.63) is 28.2 Å². The standard InChI is InChI=1S/C11H13BrN2OS/c1-16(15)6-2-5-14-11-7-10(12)4-3-9(11)8-13/h3-4,7,14H,2,5-6H2,1H3. The van der Waals surface area contributed by atoms with Crippen molar-refractivity contribution in [1.82, 2.24) is 0 Å². The van der Waals surface area contributed by atoms with Crippen LogP contribution in [0.25, 0.3) is 0 Å². The summed E-state index contributed by atoms with van der Waals surface area (Å²) in [5.41, 5.74) is 1.44. The van der Waals surface area contributed by atoms with Gasteiger partial charge in [0.1, 0.15) is 6.07 Å². The number of hydrogen-bond acceptors (Lipinski definition) is 3. The molecule has 0 aliphatic heterocycles. The summed E-state index contributed by atoms with van der Waals surface area (Å²) in [4.78, 5) is 0. The predicted octanol–water partition coefficient (Wildman–Crippen LogP) is 2.50. The molecule has 1 unspecified atom stereocenters. The van der Waals surface area contributed by atoms with Crippen molar-refractivity contribution in [3.8, 4) is 6.07 Å². The lowest BCUT2D eigenvalue weighted by atomic mass is 10.2. The molecule has 0 radical (unpaired) electrons. The number of benzene rings is 1. The van der Waals surface area contributed by atoms with E-state index >= 15 is 0 Å². The van der Waals surface area contributed by atoms with Crippen LogP contribution in [0.1, 0.15) is 12.0 Å². The molecule has 0 aliphatic rings. The second-order valence-corrected chi connectivity index (χ2v) is 5.83. The Balaban J connectivity index is 2.56. The Labute approximate surface area is 106 Å². The number of nitriles is 1. The number of hydrogen-bond donors (Lipinski definition) is 1. The fourth-order valence-electron chi connectivity index (χ4n) is 1.26. The van der Waals surface area contributed by atoms with Crippen LogP contribution in [0.15, 0.2) is 22.7 Å². The van der Waals surface area contributed by atoms with E-state index in [-0.39, 0.29) is 0 Å². The average molecular weight is 301 g/mol. The third-order valence-corrected chi connectivity index (χ3v) is 3.38. The molecule has 0 heterocycles. The number of nitrogens with one attached hydrogen (secondary N) is 1. The van der Waals surface area contributed by atoms with Crippen molar-refractivity contribution in [2.45, 2.75) is 6.42 Å². The van der Waals surface area contributed by atoms with Crippen molar-refractivity contribution in [2.24, 2.45) is 0 Å². The minimum Gasteiger partial charge on any atom is -0.384 e. The van der Waals surface area contributed by atoms with Crippen molar-refractivity contribution in [2.75, 3.05) is 23.9 Å². The molecule has 0 aliphatic carbocycles. The van der Waals surface area contributed by atoms with Crippen LogP contribution in [0.4, 0.5) is 5.69 Å². The van der Waals surface area contributed by atoms with Crippen molar-refractivity contribution < 1.29 is 4.21 Å². The molecule has 0 spiro atoms. The largest absolute Gasteiger partial charge is 0.384 e. The first-order chi connectivity index (χ1) is 7.63. The second kappa shape index (κ2) is 6.66. The molecular formula is C11H13BrN2OS. The Morgan fingerprint density at radius 1 is 1.56 bits per heavy atom. The molecule has 3 nitrogen and oxygen atoms in total. The van der Waals surface area contributed by atoms with Crippen molar-refractivity contribution in [3.63, 3.8) is 0 Å². The maximum absolute atomic E-state index is 10.9. The van der Waals surface area contributed by atoms with E-state index in [0.29, 0.717) is 11.3 Å². The van der Waals surface area contributed by atoms with E-state index in [9.17, 15) is 4.21 Å². The van der Waals surface area contributed by atoms with Gasteiger partial charge in [-0.2, -0.15) is 5.26 Å². The van der Waals surface area contributed by atoms with Crippen LogP contribution in [0, 0.1) is 11.3 Å². The Kier molecular flexibility index (Phi) is 5.50. The van der Waals surface area contributed by atoms with Crippen molar-refractivity contribution in [1.29, 1.82) is 5.26 Å². The van der Waals surface area contributed by atoms with Crippen LogP contribution >= 0.6 is 15.9 Å². The number of halogens is 1. The van der Waals surface area contributed by atoms with Crippen LogP contribution in [-0.4, -0.2) is 22.8 Å². The number of nitrogens with zero attached hydrogens (tertiary/aromatic N) is 1. The molecule has 0 bridgehead atoms. The number of rotatable bonds is 5. The van der Waals surface area contributed by atoms with Gasteiger partial charge < -0.3 is 5.32 Å². The maximum atomic E-state index is 10.9. The van der Waals surface area contributed by atoms with Crippen LogP contribution in [0.2, 0.25) is 0 Å². The fraction of sp³-hybridized carbons (Fsp3) is 0.364. The third kappa shape index (κ3) is 4.33. The summed E-state index contributed by atoms with van der Waals surface area (Å²) in [6.07, 6.45) is 2.53. The lowest BCUT2D eigenvalue weighted by molar-refractivity contribution is 0.685. The van der Waals surface area contributed by atoms with Gasteiger partial charge in [0.05, 0.1) is 11.3 Å². The predicted molar refractivity (Wildman–Crippen MR) is 70.9 cm³/mol. The van der Waals surface area contributed by atoms with Gasteiger partial charge in [0, 0.05) is 33.8 Å². The van der Waals surface area contributed by atoms with Gasteiger partial charge in [-0.3, -0.25) is 4.21 Å². The molecule has 1 atom stereocenters. The monoisotopic (exact) mass is 300 g/mol. The van der Waals surface area contributed by atoms with Crippen LogP contribution in [-0.2, 0) is 10.8 Å². The molecule has 1 N–H and O–H groups in total. The smallest absolute Gasteiger partial charge is 0.101 e. The van der Waals surface area contributed by atoms with E-state index in [2.05, 4.69) is 27.3 Å². The van der Waals surface area contributed by atoms with Gasteiger partial charge in [-0.05, 0) is 24.6 Å². The zero-order valence-corrected chi connectivity index (χ0v) is 11.4. The number of anilines is 1. The fourth-order valence-corrected chi connectivity index (χ4v) is 2.17. The minimum absolute atomic E-state index is 0.626. The molecule has 1 aromatic rings. The highest BCUT2D eigenvalue weighted by molar-refractivity contribution is 9.10. The minimum atomic E-state index is -0.749. The topological polar surface area (TPSA) is 52.9 Å². The quantitative estimate of drug-likeness (QED) is 0.850. The Bertz CT molecular complexity index is 428. The summed E-state index contributed by atoms with van der Waals surface area (Å²) in [6.45, 7) is 0.727. The molecule has 16 heavy (non-hydrogen) atoms. The normalized spacial score (nSPS) is 11.8. The maximum Gasteiger partial charge on any atom is 0.101 e. The molecule has 0 aromatic heterocycles.